The molecule has 1 aromatic heterocycles. The van der Waals surface area contributed by atoms with Crippen molar-refractivity contribution in [3.8, 4) is 6.07 Å². The Morgan fingerprint density at radius 3 is 2.60 bits per heavy atom. The molecule has 1 aromatic carbocycles. The van der Waals surface area contributed by atoms with Gasteiger partial charge in [0, 0.05) is 16.1 Å². The number of carboxylic acid groups (broad SMARTS) is 1. The van der Waals surface area contributed by atoms with Gasteiger partial charge in [0.1, 0.15) is 12.3 Å². The lowest BCUT2D eigenvalue weighted by atomic mass is 10.0. The molecule has 0 atom stereocenters. The third kappa shape index (κ3) is 4.87. The summed E-state index contributed by atoms with van der Waals surface area (Å²) in [7, 11) is 0. The molecule has 2 aromatic rings. The lowest BCUT2D eigenvalue weighted by molar-refractivity contribution is -0.129. The maximum Gasteiger partial charge on any atom is 0.351 e. The maximum atomic E-state index is 12.6. The molecule has 3 rings (SSSR count). The van der Waals surface area contributed by atoms with Crippen molar-refractivity contribution >= 4 is 34.8 Å². The van der Waals surface area contributed by atoms with Crippen LogP contribution in [0.5, 0.6) is 0 Å². The minimum Gasteiger partial charge on any atom is -0.477 e. The Bertz CT molecular complexity index is 1140. The average molecular weight is 425 g/mol. The van der Waals surface area contributed by atoms with Crippen molar-refractivity contribution in [1.82, 2.24) is 9.99 Å². The van der Waals surface area contributed by atoms with Crippen LogP contribution in [0.2, 0.25) is 0 Å². The number of benzene rings is 1. The summed E-state index contributed by atoms with van der Waals surface area (Å²) in [6, 6.07) is 8.17. The lowest BCUT2D eigenvalue weighted by Gasteiger charge is -2.13. The molecule has 0 radical (unpaired) electrons. The van der Waals surface area contributed by atoms with Crippen molar-refractivity contribution in [2.24, 2.45) is 10.1 Å². The number of nitrogens with one attached hydrogen (secondary N) is 1. The summed E-state index contributed by atoms with van der Waals surface area (Å²) in [5, 5.41) is 21.3. The van der Waals surface area contributed by atoms with Gasteiger partial charge in [0.25, 0.3) is 11.8 Å². The number of hydrazone groups is 1. The van der Waals surface area contributed by atoms with Crippen LogP contribution in [-0.2, 0) is 29.0 Å². The standard InChI is InChI=1S/C20H19N5O4S/c1-12(19(28)29)23-24-17(26)11-25-15-4-2-3-5-16(15)30-20(25)22-18(27)14-8-6-13(10-21)7-9-14/h6-9H,2-5,11H2,1H3,(H,24,26)(H,28,29). The van der Waals surface area contributed by atoms with Crippen LogP contribution in [0.25, 0.3) is 0 Å². The number of aryl methyl sites for hydroxylation is 1. The minimum atomic E-state index is -1.22. The van der Waals surface area contributed by atoms with Gasteiger partial charge in [-0.15, -0.1) is 11.3 Å². The largest absolute Gasteiger partial charge is 0.477 e. The molecule has 10 heteroatoms. The van der Waals surface area contributed by atoms with E-state index in [0.29, 0.717) is 15.9 Å². The first-order valence-corrected chi connectivity index (χ1v) is 10.1. The number of hydrogen-bond donors (Lipinski definition) is 2. The number of amides is 2. The Hall–Kier alpha value is -3.58. The van der Waals surface area contributed by atoms with Crippen molar-refractivity contribution in [2.45, 2.75) is 39.2 Å². The number of nitrogens with zero attached hydrogens (tertiary/aromatic N) is 4. The zero-order chi connectivity index (χ0) is 21.7. The van der Waals surface area contributed by atoms with Crippen LogP contribution >= 0.6 is 11.3 Å². The number of carboxylic acids is 1. The topological polar surface area (TPSA) is 137 Å². The highest BCUT2D eigenvalue weighted by molar-refractivity contribution is 7.09. The third-order valence-corrected chi connectivity index (χ3v) is 5.76. The molecule has 1 aliphatic carbocycles. The van der Waals surface area contributed by atoms with Crippen molar-refractivity contribution in [3.05, 3.63) is 50.8 Å². The molecule has 0 saturated heterocycles. The highest BCUT2D eigenvalue weighted by Crippen LogP contribution is 2.23. The van der Waals surface area contributed by atoms with E-state index in [-0.39, 0.29) is 12.3 Å². The van der Waals surface area contributed by atoms with Gasteiger partial charge in [0.05, 0.1) is 11.6 Å². The minimum absolute atomic E-state index is 0.123. The molecule has 0 saturated carbocycles. The van der Waals surface area contributed by atoms with Gasteiger partial charge < -0.3 is 9.67 Å². The van der Waals surface area contributed by atoms with E-state index in [0.717, 1.165) is 36.3 Å². The smallest absolute Gasteiger partial charge is 0.351 e. The number of fused-ring (bicyclic) bond motifs is 1. The normalized spacial score (nSPS) is 14.0. The van der Waals surface area contributed by atoms with E-state index in [4.69, 9.17) is 10.4 Å². The van der Waals surface area contributed by atoms with Gasteiger partial charge in [0.15, 0.2) is 4.80 Å². The predicted molar refractivity (Wildman–Crippen MR) is 109 cm³/mol. The van der Waals surface area contributed by atoms with Gasteiger partial charge in [-0.25, -0.2) is 10.2 Å². The zero-order valence-corrected chi connectivity index (χ0v) is 17.0. The Morgan fingerprint density at radius 1 is 1.23 bits per heavy atom. The van der Waals surface area contributed by atoms with Crippen LogP contribution in [0.15, 0.2) is 34.4 Å². The van der Waals surface area contributed by atoms with Crippen molar-refractivity contribution in [2.75, 3.05) is 0 Å². The molecule has 0 fully saturated rings. The second-order valence-electron chi connectivity index (χ2n) is 6.69. The number of aliphatic carboxylic acids is 1. The second-order valence-corrected chi connectivity index (χ2v) is 7.75. The molecule has 2 amide bonds. The monoisotopic (exact) mass is 425 g/mol. The molecule has 1 heterocycles. The molecule has 0 aliphatic heterocycles. The summed E-state index contributed by atoms with van der Waals surface area (Å²) in [4.78, 5) is 41.5. The first-order valence-electron chi connectivity index (χ1n) is 9.26. The van der Waals surface area contributed by atoms with E-state index < -0.39 is 17.8 Å². The van der Waals surface area contributed by atoms with Crippen LogP contribution in [0, 0.1) is 11.3 Å². The van der Waals surface area contributed by atoms with Gasteiger partial charge in [-0.1, -0.05) is 0 Å². The van der Waals surface area contributed by atoms with Crippen molar-refractivity contribution < 1.29 is 19.5 Å². The number of aromatic nitrogens is 1. The predicted octanol–water partition coefficient (Wildman–Crippen LogP) is 1.62. The van der Waals surface area contributed by atoms with E-state index >= 15 is 0 Å². The summed E-state index contributed by atoms with van der Waals surface area (Å²) < 4.78 is 1.70. The Morgan fingerprint density at radius 2 is 1.93 bits per heavy atom. The summed E-state index contributed by atoms with van der Waals surface area (Å²) in [6.07, 6.45) is 3.64. The van der Waals surface area contributed by atoms with Crippen LogP contribution in [-0.4, -0.2) is 33.2 Å². The highest BCUT2D eigenvalue weighted by atomic mass is 32.1. The molecule has 2 N–H and O–H groups in total. The molecule has 9 nitrogen and oxygen atoms in total. The molecular formula is C20H19N5O4S. The van der Waals surface area contributed by atoms with Crippen LogP contribution < -0.4 is 10.2 Å². The van der Waals surface area contributed by atoms with Gasteiger partial charge in [-0.05, 0) is 56.9 Å². The quantitative estimate of drug-likeness (QED) is 0.554. The number of rotatable bonds is 5. The fourth-order valence-electron chi connectivity index (χ4n) is 3.00. The Balaban J connectivity index is 1.91. The molecule has 0 unspecified atom stereocenters. The summed E-state index contributed by atoms with van der Waals surface area (Å²) in [5.74, 6) is -2.19. The number of carbonyl (C=O) groups is 3. The summed E-state index contributed by atoms with van der Waals surface area (Å²) in [6.45, 7) is 1.15. The molecule has 154 valence electrons. The van der Waals surface area contributed by atoms with E-state index in [1.165, 1.54) is 18.3 Å². The highest BCUT2D eigenvalue weighted by Gasteiger charge is 2.20. The summed E-state index contributed by atoms with van der Waals surface area (Å²) in [5.41, 5.74) is 3.75. The van der Waals surface area contributed by atoms with Crippen molar-refractivity contribution in [3.63, 3.8) is 0 Å². The van der Waals surface area contributed by atoms with Crippen molar-refractivity contribution in [1.29, 1.82) is 5.26 Å². The second kappa shape index (κ2) is 9.28. The van der Waals surface area contributed by atoms with E-state index in [2.05, 4.69) is 15.5 Å². The Labute approximate surface area is 176 Å². The summed E-state index contributed by atoms with van der Waals surface area (Å²) >= 11 is 1.38. The number of nitriles is 1. The van der Waals surface area contributed by atoms with Crippen LogP contribution in [0.3, 0.4) is 0 Å². The Kier molecular flexibility index (Phi) is 6.54. The van der Waals surface area contributed by atoms with E-state index in [1.54, 1.807) is 28.8 Å². The first kappa shape index (κ1) is 21.1. The fraction of sp³-hybridized carbons (Fsp3) is 0.300. The molecule has 30 heavy (non-hydrogen) atoms. The van der Waals surface area contributed by atoms with Crippen LogP contribution in [0.4, 0.5) is 0 Å². The number of carbonyl (C=O) groups excluding carboxylic acids is 2. The molecule has 0 spiro atoms. The van der Waals surface area contributed by atoms with E-state index in [9.17, 15) is 14.4 Å². The van der Waals surface area contributed by atoms with Gasteiger partial charge in [-0.2, -0.15) is 15.4 Å². The fourth-order valence-corrected chi connectivity index (χ4v) is 4.21. The van der Waals surface area contributed by atoms with Gasteiger partial charge in [-0.3, -0.25) is 9.59 Å². The SMILES string of the molecule is CC(=NNC(=O)Cn1c2c(sc1=NC(=O)c1ccc(C#N)cc1)CCCC2)C(=O)O. The lowest BCUT2D eigenvalue weighted by Crippen LogP contribution is -2.31. The number of hydrogen-bond acceptors (Lipinski definition) is 6. The van der Waals surface area contributed by atoms with Gasteiger partial charge >= 0.3 is 5.97 Å². The average Bonchev–Trinajstić information content (AvgIpc) is 3.08. The first-order chi connectivity index (χ1) is 14.4. The molecule has 0 bridgehead atoms. The number of thiazole rings is 1. The van der Waals surface area contributed by atoms with Gasteiger partial charge in [0.2, 0.25) is 0 Å². The maximum absolute atomic E-state index is 12.6. The molecule has 1 aliphatic rings. The zero-order valence-electron chi connectivity index (χ0n) is 16.2. The molecular weight excluding hydrogens is 406 g/mol. The third-order valence-electron chi connectivity index (χ3n) is 4.58. The van der Waals surface area contributed by atoms with Crippen LogP contribution in [0.1, 0.15) is 46.3 Å². The van der Waals surface area contributed by atoms with E-state index in [1.807, 2.05) is 6.07 Å².